The molecule has 6 nitrogen and oxygen atoms in total. The molecule has 0 aliphatic rings. The SMILES string of the molecule is NN.O=[N+]([O-])c1ccco1.c1ccsc1. The first kappa shape index (κ1) is 13.3. The summed E-state index contributed by atoms with van der Waals surface area (Å²) < 4.78 is 4.40. The summed E-state index contributed by atoms with van der Waals surface area (Å²) in [4.78, 5) is 9.19. The van der Waals surface area contributed by atoms with Crippen LogP contribution in [0.2, 0.25) is 0 Å². The van der Waals surface area contributed by atoms with Crippen molar-refractivity contribution in [1.29, 1.82) is 0 Å². The molecule has 0 atom stereocenters. The van der Waals surface area contributed by atoms with Crippen molar-refractivity contribution in [2.75, 3.05) is 0 Å². The van der Waals surface area contributed by atoms with Gasteiger partial charge in [-0.2, -0.15) is 11.3 Å². The second-order valence-electron chi connectivity index (χ2n) is 2.00. The number of nitrogens with two attached hydrogens (primary N) is 2. The van der Waals surface area contributed by atoms with E-state index in [1.165, 1.54) is 18.4 Å². The van der Waals surface area contributed by atoms with Crippen LogP contribution in [0.25, 0.3) is 0 Å². The fraction of sp³-hybridized carbons (Fsp3) is 0. The molecule has 0 aliphatic heterocycles. The van der Waals surface area contributed by atoms with Crippen molar-refractivity contribution in [3.05, 3.63) is 51.4 Å². The molecular formula is C8H11N3O3S. The summed E-state index contributed by atoms with van der Waals surface area (Å²) >= 11 is 1.71. The number of furan rings is 1. The fourth-order valence-corrected chi connectivity index (χ4v) is 1.05. The summed E-state index contributed by atoms with van der Waals surface area (Å²) in [6, 6.07) is 6.80. The minimum Gasteiger partial charge on any atom is -0.409 e. The third-order valence-electron chi connectivity index (χ3n) is 1.11. The molecular weight excluding hydrogens is 218 g/mol. The Morgan fingerprint density at radius 3 is 2.07 bits per heavy atom. The Kier molecular flexibility index (Phi) is 7.87. The van der Waals surface area contributed by atoms with Crippen LogP contribution in [0.4, 0.5) is 5.88 Å². The zero-order valence-corrected chi connectivity index (χ0v) is 8.59. The minimum atomic E-state index is -0.583. The van der Waals surface area contributed by atoms with E-state index in [-0.39, 0.29) is 5.88 Å². The van der Waals surface area contributed by atoms with Gasteiger partial charge in [-0.05, 0) is 16.8 Å². The second kappa shape index (κ2) is 8.88. The Morgan fingerprint density at radius 1 is 1.27 bits per heavy atom. The minimum absolute atomic E-state index is 0.218. The maximum atomic E-state index is 9.77. The van der Waals surface area contributed by atoms with Crippen LogP contribution in [0.1, 0.15) is 0 Å². The van der Waals surface area contributed by atoms with Gasteiger partial charge in [-0.3, -0.25) is 21.8 Å². The lowest BCUT2D eigenvalue weighted by atomic mass is 10.6. The summed E-state index contributed by atoms with van der Waals surface area (Å²) in [5.74, 6) is 7.78. The molecule has 0 aliphatic carbocycles. The lowest BCUT2D eigenvalue weighted by Gasteiger charge is -1.76. The lowest BCUT2D eigenvalue weighted by Crippen LogP contribution is -2.02. The zero-order chi connectivity index (χ0) is 11.5. The van der Waals surface area contributed by atoms with Crippen LogP contribution in [0.5, 0.6) is 0 Å². The fourth-order valence-electron chi connectivity index (χ4n) is 0.601. The van der Waals surface area contributed by atoms with Crippen LogP contribution >= 0.6 is 11.3 Å². The van der Waals surface area contributed by atoms with E-state index in [2.05, 4.69) is 16.1 Å². The van der Waals surface area contributed by atoms with Gasteiger partial charge in [0.15, 0.2) is 0 Å². The number of nitro groups is 1. The topological polar surface area (TPSA) is 108 Å². The maximum Gasteiger partial charge on any atom is 0.432 e. The van der Waals surface area contributed by atoms with Crippen molar-refractivity contribution < 1.29 is 9.34 Å². The Hall–Kier alpha value is -1.70. The van der Waals surface area contributed by atoms with Gasteiger partial charge in [0.25, 0.3) is 0 Å². The second-order valence-corrected chi connectivity index (χ2v) is 2.82. The van der Waals surface area contributed by atoms with Gasteiger partial charge in [-0.15, -0.1) is 0 Å². The summed E-state index contributed by atoms with van der Waals surface area (Å²) in [5, 5.41) is 13.9. The van der Waals surface area contributed by atoms with Gasteiger partial charge in [0.2, 0.25) is 0 Å². The summed E-state index contributed by atoms with van der Waals surface area (Å²) in [7, 11) is 0. The molecule has 0 radical (unpaired) electrons. The van der Waals surface area contributed by atoms with E-state index in [9.17, 15) is 10.1 Å². The number of rotatable bonds is 1. The van der Waals surface area contributed by atoms with Crippen LogP contribution in [0, 0.1) is 10.1 Å². The first-order valence-corrected chi connectivity index (χ1v) is 4.73. The van der Waals surface area contributed by atoms with Gasteiger partial charge in [0, 0.05) is 0 Å². The van der Waals surface area contributed by atoms with Gasteiger partial charge < -0.3 is 4.42 Å². The van der Waals surface area contributed by atoms with Crippen molar-refractivity contribution in [1.82, 2.24) is 0 Å². The quantitative estimate of drug-likeness (QED) is 0.440. The van der Waals surface area contributed by atoms with Crippen LogP contribution in [-0.2, 0) is 0 Å². The van der Waals surface area contributed by atoms with Crippen molar-refractivity contribution in [3.8, 4) is 0 Å². The molecule has 82 valence electrons. The number of hydrogen-bond donors (Lipinski definition) is 2. The van der Waals surface area contributed by atoms with E-state index in [0.717, 1.165) is 0 Å². The van der Waals surface area contributed by atoms with Gasteiger partial charge in [-0.1, -0.05) is 12.1 Å². The number of hydrogen-bond acceptors (Lipinski definition) is 6. The Balaban J connectivity index is 0.000000241. The molecule has 0 fully saturated rings. The Bertz CT molecular complexity index is 317. The molecule has 15 heavy (non-hydrogen) atoms. The largest absolute Gasteiger partial charge is 0.432 e. The van der Waals surface area contributed by atoms with Crippen LogP contribution in [0.15, 0.2) is 45.7 Å². The van der Waals surface area contributed by atoms with Gasteiger partial charge in [0.05, 0.1) is 12.3 Å². The van der Waals surface area contributed by atoms with Crippen molar-refractivity contribution in [2.45, 2.75) is 0 Å². The number of hydrazine groups is 1. The van der Waals surface area contributed by atoms with Crippen molar-refractivity contribution in [2.24, 2.45) is 11.7 Å². The predicted octanol–water partition coefficient (Wildman–Crippen LogP) is 1.75. The van der Waals surface area contributed by atoms with Crippen LogP contribution < -0.4 is 11.7 Å². The molecule has 0 bridgehead atoms. The molecule has 2 heterocycles. The highest BCUT2D eigenvalue weighted by atomic mass is 32.1. The molecule has 7 heteroatoms. The van der Waals surface area contributed by atoms with E-state index in [4.69, 9.17) is 0 Å². The van der Waals surface area contributed by atoms with Gasteiger partial charge in [0.1, 0.15) is 4.92 Å². The monoisotopic (exact) mass is 229 g/mol. The molecule has 0 spiro atoms. The van der Waals surface area contributed by atoms with Crippen molar-refractivity contribution in [3.63, 3.8) is 0 Å². The van der Waals surface area contributed by atoms with E-state index >= 15 is 0 Å². The predicted molar refractivity (Wildman–Crippen MR) is 58.1 cm³/mol. The first-order valence-electron chi connectivity index (χ1n) is 3.79. The molecule has 0 saturated heterocycles. The lowest BCUT2D eigenvalue weighted by molar-refractivity contribution is -0.402. The molecule has 4 N–H and O–H groups in total. The summed E-state index contributed by atoms with van der Waals surface area (Å²) in [6.07, 6.45) is 1.26. The summed E-state index contributed by atoms with van der Waals surface area (Å²) in [5.41, 5.74) is 0. The average Bonchev–Trinajstić information content (AvgIpc) is 2.97. The Labute approximate surface area is 90.2 Å². The normalized spacial score (nSPS) is 7.87. The average molecular weight is 229 g/mol. The van der Waals surface area contributed by atoms with E-state index in [1.54, 1.807) is 11.3 Å². The van der Waals surface area contributed by atoms with E-state index in [1.807, 2.05) is 22.9 Å². The maximum absolute atomic E-state index is 9.77. The van der Waals surface area contributed by atoms with E-state index in [0.29, 0.717) is 0 Å². The highest BCUT2D eigenvalue weighted by Gasteiger charge is 2.04. The third kappa shape index (κ3) is 6.38. The highest BCUT2D eigenvalue weighted by Crippen LogP contribution is 2.08. The number of thiophene rings is 1. The summed E-state index contributed by atoms with van der Waals surface area (Å²) in [6.45, 7) is 0. The molecule has 0 amide bonds. The molecule has 0 saturated carbocycles. The molecule has 2 aromatic rings. The number of nitrogens with zero attached hydrogens (tertiary/aromatic N) is 1. The van der Waals surface area contributed by atoms with E-state index < -0.39 is 4.92 Å². The molecule has 2 aromatic heterocycles. The van der Waals surface area contributed by atoms with Crippen LogP contribution in [-0.4, -0.2) is 4.92 Å². The first-order chi connectivity index (χ1) is 7.30. The molecule has 0 aromatic carbocycles. The molecule has 0 unspecified atom stereocenters. The van der Waals surface area contributed by atoms with Gasteiger partial charge >= 0.3 is 5.88 Å². The van der Waals surface area contributed by atoms with Gasteiger partial charge in [-0.25, -0.2) is 0 Å². The molecule has 2 rings (SSSR count). The van der Waals surface area contributed by atoms with Crippen molar-refractivity contribution >= 4 is 17.2 Å². The standard InChI is InChI=1S/C4H3NO3.C4H4S.H4N2/c6-5(7)4-2-1-3-8-4;1-2-4-5-3-1;1-2/h1-3H;1-4H;1-2H2. The zero-order valence-electron chi connectivity index (χ0n) is 7.78. The smallest absolute Gasteiger partial charge is 0.409 e. The van der Waals surface area contributed by atoms with Crippen LogP contribution in [0.3, 0.4) is 0 Å². The highest BCUT2D eigenvalue weighted by molar-refractivity contribution is 7.07. The Morgan fingerprint density at radius 2 is 1.87 bits per heavy atom. The third-order valence-corrected chi connectivity index (χ3v) is 1.74.